The summed E-state index contributed by atoms with van der Waals surface area (Å²) in [5.74, 6) is -0.352. The van der Waals surface area contributed by atoms with Crippen LogP contribution in [0.2, 0.25) is 0 Å². The van der Waals surface area contributed by atoms with Crippen molar-refractivity contribution in [2.45, 2.75) is 63.5 Å². The van der Waals surface area contributed by atoms with E-state index >= 15 is 0 Å². The first-order valence-corrected chi connectivity index (χ1v) is 13.8. The van der Waals surface area contributed by atoms with Gasteiger partial charge in [0.15, 0.2) is 0 Å². The number of aryl methyl sites for hydroxylation is 1. The Morgan fingerprint density at radius 1 is 1.12 bits per heavy atom. The first kappa shape index (κ1) is 27.7. The van der Waals surface area contributed by atoms with Crippen LogP contribution in [0.15, 0.2) is 36.7 Å². The van der Waals surface area contributed by atoms with Crippen LogP contribution in [0.4, 0.5) is 18.9 Å². The molecule has 7 nitrogen and oxygen atoms in total. The maximum absolute atomic E-state index is 14.6. The van der Waals surface area contributed by atoms with Crippen LogP contribution in [-0.4, -0.2) is 39.4 Å². The molecule has 1 N–H and O–H groups in total. The van der Waals surface area contributed by atoms with E-state index in [2.05, 4.69) is 10.3 Å². The number of piperidine rings is 1. The number of nitrogens with one attached hydrogen (secondary N) is 1. The summed E-state index contributed by atoms with van der Waals surface area (Å²) in [6.07, 6.45) is 5.41. The molecule has 210 valence electrons. The molecule has 2 fully saturated rings. The third kappa shape index (κ3) is 5.69. The molecular formula is C30H32F3N5O2. The summed E-state index contributed by atoms with van der Waals surface area (Å²) < 4.78 is 45.4. The Morgan fingerprint density at radius 3 is 2.52 bits per heavy atom. The van der Waals surface area contributed by atoms with Gasteiger partial charge in [0.05, 0.1) is 29.1 Å². The zero-order valence-electron chi connectivity index (χ0n) is 22.4. The van der Waals surface area contributed by atoms with Gasteiger partial charge in [0.2, 0.25) is 5.91 Å². The third-order valence-electron chi connectivity index (χ3n) is 8.28. The van der Waals surface area contributed by atoms with Crippen molar-refractivity contribution in [1.29, 1.82) is 5.26 Å². The Morgan fingerprint density at radius 2 is 1.85 bits per heavy atom. The average Bonchev–Trinajstić information content (AvgIpc) is 3.28. The second-order valence-corrected chi connectivity index (χ2v) is 10.9. The van der Waals surface area contributed by atoms with Gasteiger partial charge < -0.3 is 14.8 Å². The summed E-state index contributed by atoms with van der Waals surface area (Å²) in [6, 6.07) is 7.70. The van der Waals surface area contributed by atoms with E-state index in [-0.39, 0.29) is 34.0 Å². The van der Waals surface area contributed by atoms with E-state index in [9.17, 15) is 22.8 Å². The number of amides is 2. The number of alkyl halides is 3. The van der Waals surface area contributed by atoms with Crippen molar-refractivity contribution < 1.29 is 22.8 Å². The fourth-order valence-electron chi connectivity index (χ4n) is 6.21. The van der Waals surface area contributed by atoms with Crippen molar-refractivity contribution in [3.63, 3.8) is 0 Å². The van der Waals surface area contributed by atoms with Gasteiger partial charge in [0.1, 0.15) is 5.65 Å². The zero-order valence-corrected chi connectivity index (χ0v) is 22.4. The number of nitrogens with zero attached hydrogens (tertiary/aromatic N) is 4. The van der Waals surface area contributed by atoms with Gasteiger partial charge >= 0.3 is 6.18 Å². The van der Waals surface area contributed by atoms with E-state index in [0.29, 0.717) is 43.8 Å². The number of rotatable bonds is 5. The lowest BCUT2D eigenvalue weighted by molar-refractivity contribution is -0.135. The maximum Gasteiger partial charge on any atom is 0.419 e. The number of carbonyl (C=O) groups excluding carboxylic acids is 2. The van der Waals surface area contributed by atoms with Gasteiger partial charge in [-0.15, -0.1) is 0 Å². The molecule has 0 bridgehead atoms. The fourth-order valence-corrected chi connectivity index (χ4v) is 6.21. The normalized spacial score (nSPS) is 17.1. The highest BCUT2D eigenvalue weighted by molar-refractivity contribution is 6.06. The van der Waals surface area contributed by atoms with Gasteiger partial charge in [0.25, 0.3) is 5.91 Å². The zero-order chi connectivity index (χ0) is 28.4. The first-order chi connectivity index (χ1) is 19.2. The molecule has 3 heterocycles. The summed E-state index contributed by atoms with van der Waals surface area (Å²) in [4.78, 5) is 31.9. The molecule has 2 amide bonds. The quantitative estimate of drug-likeness (QED) is 0.398. The van der Waals surface area contributed by atoms with E-state index in [0.717, 1.165) is 19.0 Å². The number of nitriles is 1. The van der Waals surface area contributed by atoms with Crippen molar-refractivity contribution in [2.75, 3.05) is 18.4 Å². The number of benzene rings is 1. The Kier molecular flexibility index (Phi) is 7.83. The Bertz CT molecular complexity index is 1460. The van der Waals surface area contributed by atoms with Crippen molar-refractivity contribution in [3.8, 4) is 6.07 Å². The molecule has 1 aliphatic carbocycles. The van der Waals surface area contributed by atoms with Gasteiger partial charge in [-0.3, -0.25) is 9.59 Å². The second-order valence-electron chi connectivity index (χ2n) is 10.9. The number of anilines is 1. The molecule has 10 heteroatoms. The van der Waals surface area contributed by atoms with Gasteiger partial charge in [-0.25, -0.2) is 4.98 Å². The molecule has 0 radical (unpaired) electrons. The summed E-state index contributed by atoms with van der Waals surface area (Å²) in [5, 5.41) is 11.5. The topological polar surface area (TPSA) is 91.0 Å². The predicted molar refractivity (Wildman–Crippen MR) is 145 cm³/mol. The van der Waals surface area contributed by atoms with Gasteiger partial charge in [0, 0.05) is 43.7 Å². The molecule has 0 unspecified atom stereocenters. The van der Waals surface area contributed by atoms with E-state index in [1.165, 1.54) is 43.5 Å². The highest BCUT2D eigenvalue weighted by atomic mass is 19.4. The van der Waals surface area contributed by atoms with E-state index in [4.69, 9.17) is 5.26 Å². The smallest absolute Gasteiger partial charge is 0.343 e. The number of hydrogen-bond acceptors (Lipinski definition) is 4. The van der Waals surface area contributed by atoms with Crippen LogP contribution >= 0.6 is 0 Å². The molecule has 40 heavy (non-hydrogen) atoms. The van der Waals surface area contributed by atoms with Crippen molar-refractivity contribution in [2.24, 2.45) is 13.0 Å². The van der Waals surface area contributed by atoms with Crippen LogP contribution in [0, 0.1) is 17.2 Å². The number of fused-ring (bicyclic) bond motifs is 1. The van der Waals surface area contributed by atoms with E-state index < -0.39 is 23.3 Å². The monoisotopic (exact) mass is 551 g/mol. The Balaban J connectivity index is 1.41. The number of aromatic nitrogens is 2. The number of pyridine rings is 1. The van der Waals surface area contributed by atoms with Gasteiger partial charge in [-0.1, -0.05) is 25.3 Å². The van der Waals surface area contributed by atoms with Crippen LogP contribution in [0.5, 0.6) is 0 Å². The minimum Gasteiger partial charge on any atom is -0.343 e. The highest BCUT2D eigenvalue weighted by Crippen LogP contribution is 2.44. The van der Waals surface area contributed by atoms with Crippen LogP contribution in [0.25, 0.3) is 11.0 Å². The summed E-state index contributed by atoms with van der Waals surface area (Å²) in [7, 11) is 1.66. The minimum atomic E-state index is -4.76. The number of likely N-dealkylation sites (tertiary alicyclic amines) is 1. The van der Waals surface area contributed by atoms with Crippen molar-refractivity contribution >= 4 is 28.5 Å². The molecule has 1 aliphatic heterocycles. The summed E-state index contributed by atoms with van der Waals surface area (Å²) in [6.45, 7) is 1.01. The predicted octanol–water partition coefficient (Wildman–Crippen LogP) is 6.39. The first-order valence-electron chi connectivity index (χ1n) is 13.8. The molecule has 2 aliphatic rings. The van der Waals surface area contributed by atoms with Gasteiger partial charge in [-0.2, -0.15) is 18.4 Å². The SMILES string of the molecule is Cn1cc(C2CCN(C(=O)CC3CCCCC3)CC2)c2c(C(F)(F)F)c(NC(=O)c3cccc(C#N)c3)cnc21. The van der Waals surface area contributed by atoms with Crippen LogP contribution in [0.1, 0.15) is 84.3 Å². The van der Waals surface area contributed by atoms with Crippen molar-refractivity contribution in [1.82, 2.24) is 14.5 Å². The fraction of sp³-hybridized carbons (Fsp3) is 0.467. The second kappa shape index (κ2) is 11.3. The number of halogens is 3. The van der Waals surface area contributed by atoms with Crippen LogP contribution in [-0.2, 0) is 18.0 Å². The standard InChI is InChI=1S/C30H32F3N5O2/c1-37-18-23(21-10-12-38(13-11-21)25(39)15-19-6-3-2-4-7-19)26-27(30(31,32)33)24(17-35-28(26)37)36-29(40)22-9-5-8-20(14-22)16-34/h5,8-9,14,17-19,21H,2-4,6-7,10-13,15H2,1H3,(H,36,40). The molecule has 1 aromatic carbocycles. The summed E-state index contributed by atoms with van der Waals surface area (Å²) >= 11 is 0. The third-order valence-corrected chi connectivity index (χ3v) is 8.28. The molecule has 0 atom stereocenters. The van der Waals surface area contributed by atoms with Crippen molar-refractivity contribution in [3.05, 3.63) is 58.9 Å². The molecular weight excluding hydrogens is 519 g/mol. The number of carbonyl (C=O) groups is 2. The molecule has 2 aromatic heterocycles. The van der Waals surface area contributed by atoms with E-state index in [1.54, 1.807) is 17.8 Å². The highest BCUT2D eigenvalue weighted by Gasteiger charge is 2.39. The van der Waals surface area contributed by atoms with E-state index in [1.807, 2.05) is 11.0 Å². The van der Waals surface area contributed by atoms with Gasteiger partial charge in [-0.05, 0) is 61.3 Å². The lowest BCUT2D eigenvalue weighted by Crippen LogP contribution is -2.38. The molecule has 1 saturated heterocycles. The summed E-state index contributed by atoms with van der Waals surface area (Å²) in [5.41, 5.74) is -0.354. The molecule has 1 saturated carbocycles. The molecule has 3 aromatic rings. The number of hydrogen-bond donors (Lipinski definition) is 1. The van der Waals surface area contributed by atoms with Crippen LogP contribution < -0.4 is 5.32 Å². The maximum atomic E-state index is 14.6. The lowest BCUT2D eigenvalue weighted by Gasteiger charge is -2.33. The Hall–Kier alpha value is -3.87. The largest absolute Gasteiger partial charge is 0.419 e. The Labute approximate surface area is 231 Å². The minimum absolute atomic E-state index is 0.0226. The molecule has 0 spiro atoms. The lowest BCUT2D eigenvalue weighted by atomic mass is 9.85. The molecule has 5 rings (SSSR count). The average molecular weight is 552 g/mol. The van der Waals surface area contributed by atoms with Crippen LogP contribution in [0.3, 0.4) is 0 Å².